The number of fused-ring (bicyclic) bond motifs is 3. The van der Waals surface area contributed by atoms with E-state index in [1.807, 2.05) is 41.8 Å². The number of carbonyl (C=O) groups is 2. The normalized spacial score (nSPS) is 13.7. The molecule has 0 fully saturated rings. The molecule has 13 heteroatoms. The molecule has 1 atom stereocenters. The zero-order valence-corrected chi connectivity index (χ0v) is 24.4. The number of aryl methyl sites for hydroxylation is 1. The van der Waals surface area contributed by atoms with E-state index in [0.29, 0.717) is 65.2 Å². The molecular formula is C30H30BClN6O5. The smallest absolute Gasteiger partial charge is 0.488 e. The van der Waals surface area contributed by atoms with Crippen molar-refractivity contribution in [2.24, 2.45) is 4.99 Å². The fraction of sp³-hybridized carbons (Fsp3) is 0.233. The largest absolute Gasteiger partial charge is 0.494 e. The van der Waals surface area contributed by atoms with Crippen molar-refractivity contribution in [3.05, 3.63) is 100 Å². The maximum Gasteiger partial charge on any atom is 0.488 e. The number of benzene rings is 3. The molecule has 2 heterocycles. The summed E-state index contributed by atoms with van der Waals surface area (Å²) in [6.45, 7) is 4.34. The van der Waals surface area contributed by atoms with Gasteiger partial charge in [0.2, 0.25) is 5.91 Å². The predicted molar refractivity (Wildman–Crippen MR) is 163 cm³/mol. The molecule has 1 aromatic heterocycles. The summed E-state index contributed by atoms with van der Waals surface area (Å²) in [5.74, 6) is 1.31. The van der Waals surface area contributed by atoms with Crippen molar-refractivity contribution in [2.75, 3.05) is 13.2 Å². The van der Waals surface area contributed by atoms with E-state index in [-0.39, 0.29) is 11.8 Å². The van der Waals surface area contributed by atoms with Crippen molar-refractivity contribution < 1.29 is 24.4 Å². The molecule has 0 saturated heterocycles. The highest BCUT2D eigenvalue weighted by Crippen LogP contribution is 2.32. The molecule has 0 saturated carbocycles. The van der Waals surface area contributed by atoms with Crippen LogP contribution < -0.4 is 20.8 Å². The summed E-state index contributed by atoms with van der Waals surface area (Å²) < 4.78 is 7.95. The van der Waals surface area contributed by atoms with Gasteiger partial charge in [0.05, 0.1) is 18.0 Å². The molecule has 0 spiro atoms. The Morgan fingerprint density at radius 3 is 2.49 bits per heavy atom. The Bertz CT molecular complexity index is 1660. The van der Waals surface area contributed by atoms with E-state index >= 15 is 0 Å². The minimum atomic E-state index is -1.58. The van der Waals surface area contributed by atoms with E-state index in [4.69, 9.17) is 21.3 Å². The van der Waals surface area contributed by atoms with Gasteiger partial charge in [0.1, 0.15) is 11.6 Å². The van der Waals surface area contributed by atoms with Crippen molar-refractivity contribution in [2.45, 2.75) is 32.9 Å². The SMILES string of the molecule is CCC(=O)NC1N=C(c2ccc(Cl)cc2)c2cc(OCCCNC(=O)c3ccc(B(O)O)cc3)ccc2-n2c(C)nnc21. The third kappa shape index (κ3) is 6.77. The maximum absolute atomic E-state index is 12.4. The van der Waals surface area contributed by atoms with Gasteiger partial charge in [-0.05, 0) is 61.3 Å². The highest BCUT2D eigenvalue weighted by molar-refractivity contribution is 6.58. The van der Waals surface area contributed by atoms with Crippen LogP contribution in [0.25, 0.3) is 5.69 Å². The lowest BCUT2D eigenvalue weighted by Crippen LogP contribution is -2.30. The highest BCUT2D eigenvalue weighted by atomic mass is 35.5. The molecule has 0 bridgehead atoms. The van der Waals surface area contributed by atoms with Gasteiger partial charge in [-0.15, -0.1) is 10.2 Å². The van der Waals surface area contributed by atoms with E-state index < -0.39 is 13.3 Å². The van der Waals surface area contributed by atoms with Crippen molar-refractivity contribution in [1.82, 2.24) is 25.4 Å². The number of nitrogens with one attached hydrogen (secondary N) is 2. The van der Waals surface area contributed by atoms with E-state index in [2.05, 4.69) is 20.8 Å². The number of ether oxygens (including phenoxy) is 1. The van der Waals surface area contributed by atoms with E-state index in [1.54, 1.807) is 19.1 Å². The summed E-state index contributed by atoms with van der Waals surface area (Å²) in [7, 11) is -1.58. The highest BCUT2D eigenvalue weighted by Gasteiger charge is 2.29. The average molecular weight is 601 g/mol. The molecule has 0 aliphatic carbocycles. The number of amides is 2. The topological polar surface area (TPSA) is 151 Å². The lowest BCUT2D eigenvalue weighted by atomic mass is 9.80. The molecule has 3 aromatic carbocycles. The second-order valence-electron chi connectivity index (χ2n) is 9.88. The Hall–Kier alpha value is -4.52. The van der Waals surface area contributed by atoms with Crippen molar-refractivity contribution in [1.29, 1.82) is 0 Å². The van der Waals surface area contributed by atoms with Crippen LogP contribution in [0, 0.1) is 6.92 Å². The number of halogens is 1. The molecule has 1 aliphatic rings. The molecule has 1 aliphatic heterocycles. The molecule has 0 radical (unpaired) electrons. The van der Waals surface area contributed by atoms with Gasteiger partial charge < -0.3 is 25.4 Å². The second kappa shape index (κ2) is 13.2. The van der Waals surface area contributed by atoms with Gasteiger partial charge in [0.25, 0.3) is 5.91 Å². The lowest BCUT2D eigenvalue weighted by molar-refractivity contribution is -0.121. The van der Waals surface area contributed by atoms with Crippen molar-refractivity contribution in [3.8, 4) is 11.4 Å². The number of aromatic nitrogens is 3. The Labute approximate surface area is 253 Å². The predicted octanol–water partition coefficient (Wildman–Crippen LogP) is 2.48. The standard InChI is InChI=1S/C30H30BClN6O5/c1-3-26(39)34-28-29-37-36-18(2)38(29)25-14-13-23(17-24(25)27(35-28)19-7-11-22(32)12-8-19)43-16-4-15-33-30(40)20-5-9-21(10-6-20)31(41)42/h5-14,17,28,41-42H,3-4,15-16H2,1-2H3,(H,33,40)(H,34,39). The Morgan fingerprint density at radius 1 is 1.05 bits per heavy atom. The summed E-state index contributed by atoms with van der Waals surface area (Å²) in [4.78, 5) is 29.8. The quantitative estimate of drug-likeness (QED) is 0.161. The number of nitrogens with zero attached hydrogens (tertiary/aromatic N) is 4. The summed E-state index contributed by atoms with van der Waals surface area (Å²) in [6.07, 6.45) is 0.0828. The second-order valence-corrected chi connectivity index (χ2v) is 10.3. The molecule has 4 aromatic rings. The fourth-order valence-corrected chi connectivity index (χ4v) is 4.79. The molecule has 220 valence electrons. The molecule has 43 heavy (non-hydrogen) atoms. The fourth-order valence-electron chi connectivity index (χ4n) is 4.66. The van der Waals surface area contributed by atoms with Gasteiger partial charge in [-0.3, -0.25) is 19.1 Å². The first-order valence-corrected chi connectivity index (χ1v) is 14.2. The molecular weight excluding hydrogens is 571 g/mol. The van der Waals surface area contributed by atoms with Crippen LogP contribution in [-0.2, 0) is 4.79 Å². The van der Waals surface area contributed by atoms with Crippen LogP contribution >= 0.6 is 11.6 Å². The number of rotatable bonds is 10. The van der Waals surface area contributed by atoms with Gasteiger partial charge in [-0.2, -0.15) is 0 Å². The van der Waals surface area contributed by atoms with Crippen LogP contribution in [0.1, 0.15) is 59.1 Å². The van der Waals surface area contributed by atoms with Crippen LogP contribution in [0.3, 0.4) is 0 Å². The first-order valence-electron chi connectivity index (χ1n) is 13.8. The first-order chi connectivity index (χ1) is 20.7. The van der Waals surface area contributed by atoms with E-state index in [9.17, 15) is 19.6 Å². The third-order valence-electron chi connectivity index (χ3n) is 6.90. The number of hydrogen-bond donors (Lipinski definition) is 4. The molecule has 2 amide bonds. The van der Waals surface area contributed by atoms with Crippen molar-refractivity contribution >= 4 is 41.7 Å². The summed E-state index contributed by atoms with van der Waals surface area (Å²) in [5.41, 5.74) is 3.73. The van der Waals surface area contributed by atoms with Gasteiger partial charge >= 0.3 is 7.12 Å². The van der Waals surface area contributed by atoms with Gasteiger partial charge in [0, 0.05) is 34.7 Å². The minimum absolute atomic E-state index is 0.167. The van der Waals surface area contributed by atoms with Crippen LogP contribution in [0.15, 0.2) is 71.7 Å². The Morgan fingerprint density at radius 2 is 1.79 bits per heavy atom. The molecule has 4 N–H and O–H groups in total. The van der Waals surface area contributed by atoms with Gasteiger partial charge in [-0.25, -0.2) is 0 Å². The van der Waals surface area contributed by atoms with E-state index in [1.165, 1.54) is 24.3 Å². The summed E-state index contributed by atoms with van der Waals surface area (Å²) >= 11 is 6.17. The third-order valence-corrected chi connectivity index (χ3v) is 7.15. The lowest BCUT2D eigenvalue weighted by Gasteiger charge is -2.15. The number of carbonyl (C=O) groups excluding carboxylic acids is 2. The maximum atomic E-state index is 12.4. The first kappa shape index (κ1) is 30.0. The Balaban J connectivity index is 1.35. The molecule has 5 rings (SSSR count). The van der Waals surface area contributed by atoms with E-state index in [0.717, 1.165) is 16.8 Å². The number of hydrogen-bond acceptors (Lipinski definition) is 8. The van der Waals surface area contributed by atoms with Crippen LogP contribution in [0.4, 0.5) is 0 Å². The monoisotopic (exact) mass is 600 g/mol. The van der Waals surface area contributed by atoms with Crippen LogP contribution in [-0.4, -0.2) is 62.6 Å². The van der Waals surface area contributed by atoms with Crippen LogP contribution in [0.2, 0.25) is 5.02 Å². The summed E-state index contributed by atoms with van der Waals surface area (Å²) in [6, 6.07) is 19.0. The van der Waals surface area contributed by atoms with Crippen molar-refractivity contribution in [3.63, 3.8) is 0 Å². The average Bonchev–Trinajstić information content (AvgIpc) is 3.33. The van der Waals surface area contributed by atoms with Gasteiger partial charge in [-0.1, -0.05) is 42.8 Å². The zero-order valence-electron chi connectivity index (χ0n) is 23.6. The minimum Gasteiger partial charge on any atom is -0.494 e. The zero-order chi connectivity index (χ0) is 30.5. The Kier molecular flexibility index (Phi) is 9.20. The van der Waals surface area contributed by atoms with Gasteiger partial charge in [0.15, 0.2) is 12.0 Å². The summed E-state index contributed by atoms with van der Waals surface area (Å²) in [5, 5.41) is 33.4. The number of aliphatic imine (C=N–C) groups is 1. The molecule has 1 unspecified atom stereocenters. The molecule has 11 nitrogen and oxygen atoms in total. The van der Waals surface area contributed by atoms with Crippen LogP contribution in [0.5, 0.6) is 5.75 Å².